The van der Waals surface area contributed by atoms with Crippen LogP contribution in [0.1, 0.15) is 37.6 Å². The molecule has 0 aromatic carbocycles. The Labute approximate surface area is 127 Å². The average molecular weight is 284 g/mol. The molecule has 1 atom stereocenters. The molecule has 0 fully saturated rings. The van der Waals surface area contributed by atoms with Gasteiger partial charge in [-0.1, -0.05) is 6.92 Å². The summed E-state index contributed by atoms with van der Waals surface area (Å²) in [7, 11) is 2.08. The third kappa shape index (κ3) is 4.53. The zero-order valence-corrected chi connectivity index (χ0v) is 13.1. The summed E-state index contributed by atoms with van der Waals surface area (Å²) in [6, 6.07) is 8.60. The van der Waals surface area contributed by atoms with Crippen molar-refractivity contribution in [3.05, 3.63) is 54.1 Å². The molecule has 4 heteroatoms. The number of pyridine rings is 2. The summed E-state index contributed by atoms with van der Waals surface area (Å²) in [4.78, 5) is 10.8. The summed E-state index contributed by atoms with van der Waals surface area (Å²) < 4.78 is 0. The van der Waals surface area contributed by atoms with E-state index in [-0.39, 0.29) is 0 Å². The summed E-state index contributed by atoms with van der Waals surface area (Å²) in [6.45, 7) is 6.20. The molecule has 0 aliphatic carbocycles. The number of nitrogens with zero attached hydrogens (tertiary/aromatic N) is 3. The third-order valence-electron chi connectivity index (χ3n) is 3.52. The van der Waals surface area contributed by atoms with Crippen LogP contribution in [0.4, 0.5) is 5.69 Å². The summed E-state index contributed by atoms with van der Waals surface area (Å²) in [6.07, 6.45) is 6.73. The van der Waals surface area contributed by atoms with Gasteiger partial charge in [-0.2, -0.15) is 0 Å². The smallest absolute Gasteiger partial charge is 0.0572 e. The van der Waals surface area contributed by atoms with E-state index in [4.69, 9.17) is 0 Å². The zero-order chi connectivity index (χ0) is 15.1. The average Bonchev–Trinajstić information content (AvgIpc) is 2.53. The highest BCUT2D eigenvalue weighted by atomic mass is 15.1. The van der Waals surface area contributed by atoms with E-state index in [2.05, 4.69) is 53.2 Å². The molecule has 0 aliphatic heterocycles. The maximum atomic E-state index is 4.58. The van der Waals surface area contributed by atoms with Gasteiger partial charge in [-0.3, -0.25) is 9.97 Å². The van der Waals surface area contributed by atoms with Crippen molar-refractivity contribution in [2.75, 3.05) is 18.5 Å². The fourth-order valence-electron chi connectivity index (χ4n) is 2.20. The number of anilines is 1. The first-order valence-corrected chi connectivity index (χ1v) is 7.50. The van der Waals surface area contributed by atoms with Crippen molar-refractivity contribution in [2.24, 2.45) is 0 Å². The summed E-state index contributed by atoms with van der Waals surface area (Å²) in [5, 5.41) is 3.45. The van der Waals surface area contributed by atoms with Gasteiger partial charge in [0.2, 0.25) is 0 Å². The van der Waals surface area contributed by atoms with E-state index in [1.807, 2.05) is 30.7 Å². The molecular weight excluding hydrogens is 260 g/mol. The van der Waals surface area contributed by atoms with Crippen LogP contribution in [0, 0.1) is 0 Å². The summed E-state index contributed by atoms with van der Waals surface area (Å²) >= 11 is 0. The van der Waals surface area contributed by atoms with E-state index < -0.39 is 0 Å². The minimum atomic E-state index is 0.296. The molecule has 4 nitrogen and oxygen atoms in total. The van der Waals surface area contributed by atoms with E-state index in [1.54, 1.807) is 0 Å². The van der Waals surface area contributed by atoms with Gasteiger partial charge in [0.15, 0.2) is 0 Å². The molecule has 1 N–H and O–H groups in total. The minimum absolute atomic E-state index is 0.296. The predicted octanol–water partition coefficient (Wildman–Crippen LogP) is 3.17. The maximum Gasteiger partial charge on any atom is 0.0572 e. The normalized spacial score (nSPS) is 12.1. The van der Waals surface area contributed by atoms with E-state index >= 15 is 0 Å². The van der Waals surface area contributed by atoms with Crippen LogP contribution in [-0.2, 0) is 6.54 Å². The molecule has 0 spiro atoms. The Hall–Kier alpha value is -1.94. The van der Waals surface area contributed by atoms with Crippen molar-refractivity contribution < 1.29 is 0 Å². The summed E-state index contributed by atoms with van der Waals surface area (Å²) in [5.41, 5.74) is 3.46. The minimum Gasteiger partial charge on any atom is -0.369 e. The largest absolute Gasteiger partial charge is 0.369 e. The van der Waals surface area contributed by atoms with Crippen molar-refractivity contribution in [1.29, 1.82) is 0 Å². The first-order chi connectivity index (χ1) is 10.2. The second kappa shape index (κ2) is 7.74. The highest BCUT2D eigenvalue weighted by molar-refractivity contribution is 5.44. The fourth-order valence-corrected chi connectivity index (χ4v) is 2.20. The number of nitrogens with one attached hydrogen (secondary N) is 1. The maximum absolute atomic E-state index is 4.58. The van der Waals surface area contributed by atoms with Crippen LogP contribution in [0.15, 0.2) is 42.9 Å². The van der Waals surface area contributed by atoms with Crippen molar-refractivity contribution in [1.82, 2.24) is 15.3 Å². The Morgan fingerprint density at radius 2 is 1.95 bits per heavy atom. The van der Waals surface area contributed by atoms with Crippen LogP contribution in [-0.4, -0.2) is 23.6 Å². The lowest BCUT2D eigenvalue weighted by molar-refractivity contribution is 0.558. The molecule has 0 saturated carbocycles. The first-order valence-electron chi connectivity index (χ1n) is 7.50. The fraction of sp³-hybridized carbons (Fsp3) is 0.412. The van der Waals surface area contributed by atoms with Crippen LogP contribution >= 0.6 is 0 Å². The van der Waals surface area contributed by atoms with Gasteiger partial charge in [0.25, 0.3) is 0 Å². The SMILES string of the molecule is CCCNC(C)c1ccc(N(C)Cc2ccncc2)cn1. The summed E-state index contributed by atoms with van der Waals surface area (Å²) in [5.74, 6) is 0. The van der Waals surface area contributed by atoms with Crippen molar-refractivity contribution >= 4 is 5.69 Å². The zero-order valence-electron chi connectivity index (χ0n) is 13.1. The van der Waals surface area contributed by atoms with Crippen molar-refractivity contribution in [3.63, 3.8) is 0 Å². The Morgan fingerprint density at radius 1 is 1.19 bits per heavy atom. The van der Waals surface area contributed by atoms with Gasteiger partial charge < -0.3 is 10.2 Å². The monoisotopic (exact) mass is 284 g/mol. The van der Waals surface area contributed by atoms with Crippen LogP contribution in [0.3, 0.4) is 0 Å². The van der Waals surface area contributed by atoms with Gasteiger partial charge in [0.1, 0.15) is 0 Å². The van der Waals surface area contributed by atoms with E-state index in [0.29, 0.717) is 6.04 Å². The molecule has 0 saturated heterocycles. The number of rotatable bonds is 7. The Kier molecular flexibility index (Phi) is 5.69. The quantitative estimate of drug-likeness (QED) is 0.848. The molecule has 2 aromatic heterocycles. The standard InChI is InChI=1S/C17H24N4/c1-4-9-19-14(2)17-6-5-16(12-20-17)21(3)13-15-7-10-18-11-8-15/h5-8,10-12,14,19H,4,9,13H2,1-3H3. The molecule has 0 amide bonds. The Bertz CT molecular complexity index is 524. The molecule has 1 unspecified atom stereocenters. The lowest BCUT2D eigenvalue weighted by Crippen LogP contribution is -2.21. The molecule has 21 heavy (non-hydrogen) atoms. The number of hydrogen-bond donors (Lipinski definition) is 1. The van der Waals surface area contributed by atoms with Gasteiger partial charge in [0.05, 0.1) is 17.6 Å². The van der Waals surface area contributed by atoms with Crippen LogP contribution < -0.4 is 10.2 Å². The van der Waals surface area contributed by atoms with E-state index in [1.165, 1.54) is 5.56 Å². The first kappa shape index (κ1) is 15.4. The number of hydrogen-bond acceptors (Lipinski definition) is 4. The van der Waals surface area contributed by atoms with Crippen LogP contribution in [0.25, 0.3) is 0 Å². The van der Waals surface area contributed by atoms with Crippen molar-refractivity contribution in [2.45, 2.75) is 32.9 Å². The molecule has 2 rings (SSSR count). The van der Waals surface area contributed by atoms with Crippen molar-refractivity contribution in [3.8, 4) is 0 Å². The Morgan fingerprint density at radius 3 is 2.57 bits per heavy atom. The molecule has 0 aliphatic rings. The molecule has 2 aromatic rings. The van der Waals surface area contributed by atoms with Crippen LogP contribution in [0.2, 0.25) is 0 Å². The predicted molar refractivity (Wildman–Crippen MR) is 87.3 cm³/mol. The second-order valence-corrected chi connectivity index (χ2v) is 5.33. The molecular formula is C17H24N4. The van der Waals surface area contributed by atoms with Crippen LogP contribution in [0.5, 0.6) is 0 Å². The van der Waals surface area contributed by atoms with Gasteiger partial charge in [-0.15, -0.1) is 0 Å². The molecule has 0 bridgehead atoms. The Balaban J connectivity index is 1.98. The third-order valence-corrected chi connectivity index (χ3v) is 3.52. The second-order valence-electron chi connectivity index (χ2n) is 5.33. The lowest BCUT2D eigenvalue weighted by Gasteiger charge is -2.20. The molecule has 0 radical (unpaired) electrons. The topological polar surface area (TPSA) is 41.0 Å². The molecule has 112 valence electrons. The highest BCUT2D eigenvalue weighted by Crippen LogP contribution is 2.17. The highest BCUT2D eigenvalue weighted by Gasteiger charge is 2.07. The molecule has 2 heterocycles. The lowest BCUT2D eigenvalue weighted by atomic mass is 10.2. The van der Waals surface area contributed by atoms with Gasteiger partial charge in [-0.25, -0.2) is 0 Å². The van der Waals surface area contributed by atoms with E-state index in [0.717, 1.165) is 30.9 Å². The van der Waals surface area contributed by atoms with Gasteiger partial charge >= 0.3 is 0 Å². The van der Waals surface area contributed by atoms with Gasteiger partial charge in [-0.05, 0) is 49.7 Å². The van der Waals surface area contributed by atoms with Gasteiger partial charge in [0, 0.05) is 32.0 Å². The number of aromatic nitrogens is 2. The van der Waals surface area contributed by atoms with E-state index in [9.17, 15) is 0 Å².